The highest BCUT2D eigenvalue weighted by Gasteiger charge is 2.38. The Morgan fingerprint density at radius 3 is 2.38 bits per heavy atom. The number of carbonyl (C=O) groups is 5. The largest absolute Gasteiger partial charge is 0.477 e. The zero-order valence-corrected chi connectivity index (χ0v) is 26.8. The number of esters is 4. The number of nitrogens with one attached hydrogen (secondary N) is 2. The van der Waals surface area contributed by atoms with Crippen LogP contribution in [0.1, 0.15) is 6.42 Å². The van der Waals surface area contributed by atoms with E-state index < -0.39 is 71.3 Å². The van der Waals surface area contributed by atoms with Gasteiger partial charge in [-0.15, -0.1) is 0 Å². The van der Waals surface area contributed by atoms with Crippen molar-refractivity contribution < 1.29 is 56.8 Å². The maximum Gasteiger partial charge on any atom is 0.338 e. The van der Waals surface area contributed by atoms with E-state index in [2.05, 4.69) is 20.6 Å². The molecule has 0 spiro atoms. The number of likely N-dealkylation sites (N-methyl/N-ethyl adjacent to an activating group) is 1. The van der Waals surface area contributed by atoms with Crippen molar-refractivity contribution in [3.8, 4) is 23.3 Å². The van der Waals surface area contributed by atoms with Gasteiger partial charge in [-0.3, -0.25) is 4.79 Å². The Bertz CT molecular complexity index is 2030. The van der Waals surface area contributed by atoms with Gasteiger partial charge in [0.2, 0.25) is 17.9 Å². The Morgan fingerprint density at radius 1 is 0.960 bits per heavy atom. The first-order valence-electron chi connectivity index (χ1n) is 14.7. The summed E-state index contributed by atoms with van der Waals surface area (Å²) >= 11 is 6.02. The first kappa shape index (κ1) is 34.0. The zero-order chi connectivity index (χ0) is 35.5. The molecule has 0 saturated carbocycles. The van der Waals surface area contributed by atoms with Gasteiger partial charge in [0.15, 0.2) is 17.6 Å². The lowest BCUT2D eigenvalue weighted by Gasteiger charge is -2.25. The predicted molar refractivity (Wildman–Crippen MR) is 171 cm³/mol. The van der Waals surface area contributed by atoms with Crippen LogP contribution >= 0.6 is 11.6 Å². The quantitative estimate of drug-likeness (QED) is 0.215. The van der Waals surface area contributed by atoms with Crippen molar-refractivity contribution >= 4 is 69.5 Å². The molecule has 3 aromatic rings. The maximum atomic E-state index is 14.1. The van der Waals surface area contributed by atoms with Gasteiger partial charge < -0.3 is 44.0 Å². The molecule has 0 radical (unpaired) electrons. The lowest BCUT2D eigenvalue weighted by atomic mass is 10.1. The number of rotatable bonds is 6. The molecule has 2 atom stereocenters. The van der Waals surface area contributed by atoms with Crippen LogP contribution in [0.2, 0.25) is 5.02 Å². The van der Waals surface area contributed by atoms with Crippen molar-refractivity contribution in [3.63, 3.8) is 0 Å². The first-order valence-corrected chi connectivity index (χ1v) is 15.1. The summed E-state index contributed by atoms with van der Waals surface area (Å²) in [7, 11) is 3.57. The van der Waals surface area contributed by atoms with Gasteiger partial charge in [0, 0.05) is 49.0 Å². The molecule has 1 saturated heterocycles. The van der Waals surface area contributed by atoms with E-state index in [1.165, 1.54) is 18.2 Å². The van der Waals surface area contributed by atoms with Gasteiger partial charge >= 0.3 is 29.9 Å². The monoisotopic (exact) mass is 709 g/mol. The molecule has 0 aliphatic carbocycles. The molecule has 2 N–H and O–H groups in total. The molecule has 1 fully saturated rings. The fourth-order valence-corrected chi connectivity index (χ4v) is 4.99. The standard InChI is InChI=1S/C32H25ClFN5O11/c1-39(2)12-3-4-19(40)36-26-27-24-25(28-29(26)46-18-11-13-45-31(18)49-22(43)9-7-21(42)48-28)37-32(50-23(44)10-8-20(41)47-27)38-30(24)35-15-5-6-17(34)16(33)14-15/h3-10,14,18,31H,11-13H2,1-2H3,(H,36,40)(H,35,37,38)/b4-3+,9-7-,10-8-/t18-,31?/m0/s1. The van der Waals surface area contributed by atoms with Gasteiger partial charge in [0.05, 0.1) is 17.0 Å². The number of fused-ring (bicyclic) bond motifs is 7. The van der Waals surface area contributed by atoms with Crippen molar-refractivity contribution in [2.45, 2.75) is 18.8 Å². The van der Waals surface area contributed by atoms with Gasteiger partial charge in [0.1, 0.15) is 22.8 Å². The molecule has 1 amide bonds. The van der Waals surface area contributed by atoms with Crippen molar-refractivity contribution in [3.05, 3.63) is 65.5 Å². The van der Waals surface area contributed by atoms with Crippen LogP contribution in [0.3, 0.4) is 0 Å². The van der Waals surface area contributed by atoms with Crippen LogP contribution in [0, 0.1) is 5.82 Å². The number of amides is 1. The van der Waals surface area contributed by atoms with Gasteiger partial charge in [-0.1, -0.05) is 17.7 Å². The Balaban J connectivity index is 1.68. The second kappa shape index (κ2) is 14.3. The summed E-state index contributed by atoms with van der Waals surface area (Å²) in [5, 5.41) is 5.04. The third-order valence-electron chi connectivity index (χ3n) is 6.96. The summed E-state index contributed by atoms with van der Waals surface area (Å²) in [5.41, 5.74) is -0.529. The number of halogens is 2. The number of hydrogen-bond donors (Lipinski definition) is 2. The van der Waals surface area contributed by atoms with Crippen molar-refractivity contribution in [1.29, 1.82) is 0 Å². The molecular weight excluding hydrogens is 685 g/mol. The molecule has 50 heavy (non-hydrogen) atoms. The van der Waals surface area contributed by atoms with E-state index in [9.17, 15) is 28.4 Å². The number of benzene rings is 2. The minimum atomic E-state index is -1.27. The number of hydrogen-bond acceptors (Lipinski definition) is 15. The van der Waals surface area contributed by atoms with E-state index in [0.717, 1.165) is 30.4 Å². The molecule has 2 aromatic carbocycles. The van der Waals surface area contributed by atoms with Crippen LogP contribution in [-0.2, 0) is 33.4 Å². The molecular formula is C32H25ClFN5O11. The van der Waals surface area contributed by atoms with Crippen LogP contribution in [-0.4, -0.2) is 84.3 Å². The van der Waals surface area contributed by atoms with E-state index in [1.54, 1.807) is 25.1 Å². The van der Waals surface area contributed by atoms with Crippen LogP contribution in [0.15, 0.2) is 54.7 Å². The topological polar surface area (TPSA) is 194 Å². The Hall–Kier alpha value is -5.91. The van der Waals surface area contributed by atoms with Crippen LogP contribution in [0.5, 0.6) is 23.3 Å². The van der Waals surface area contributed by atoms with Gasteiger partial charge in [0.25, 0.3) is 0 Å². The summed E-state index contributed by atoms with van der Waals surface area (Å²) in [4.78, 5) is 75.1. The molecule has 1 aromatic heterocycles. The van der Waals surface area contributed by atoms with Crippen molar-refractivity contribution in [2.24, 2.45) is 0 Å². The summed E-state index contributed by atoms with van der Waals surface area (Å²) in [6, 6.07) is 2.99. The average Bonchev–Trinajstić information content (AvgIpc) is 3.47. The number of carbonyl (C=O) groups excluding carboxylic acids is 5. The molecule has 18 heteroatoms. The third-order valence-corrected chi connectivity index (χ3v) is 7.25. The van der Waals surface area contributed by atoms with E-state index in [4.69, 9.17) is 40.0 Å². The normalized spacial score (nSPS) is 20.1. The summed E-state index contributed by atoms with van der Waals surface area (Å²) in [6.45, 7) is 0.467. The van der Waals surface area contributed by atoms with E-state index >= 15 is 0 Å². The lowest BCUT2D eigenvalue weighted by Crippen LogP contribution is -2.32. The second-order valence-electron chi connectivity index (χ2n) is 10.9. The van der Waals surface area contributed by atoms with Crippen molar-refractivity contribution in [1.82, 2.24) is 14.9 Å². The minimum absolute atomic E-state index is 0.0905. The highest BCUT2D eigenvalue weighted by atomic mass is 35.5. The smallest absolute Gasteiger partial charge is 0.338 e. The number of anilines is 3. The Kier molecular flexibility index (Phi) is 9.71. The fraction of sp³-hybridized carbons (Fsp3) is 0.219. The molecule has 4 bridgehead atoms. The summed E-state index contributed by atoms with van der Waals surface area (Å²) < 4.78 is 47.9. The van der Waals surface area contributed by atoms with Crippen LogP contribution < -0.4 is 29.6 Å². The fourth-order valence-electron chi connectivity index (χ4n) is 4.81. The van der Waals surface area contributed by atoms with E-state index in [-0.39, 0.29) is 46.1 Å². The number of aromatic nitrogens is 2. The maximum absolute atomic E-state index is 14.1. The third kappa shape index (κ3) is 7.54. The number of ether oxygens (including phenoxy) is 6. The molecule has 4 aliphatic rings. The first-order chi connectivity index (χ1) is 23.9. The molecule has 5 heterocycles. The van der Waals surface area contributed by atoms with Crippen LogP contribution in [0.4, 0.5) is 21.6 Å². The Morgan fingerprint density at radius 2 is 1.66 bits per heavy atom. The predicted octanol–water partition coefficient (Wildman–Crippen LogP) is 3.12. The number of nitrogens with zero attached hydrogens (tertiary/aromatic N) is 3. The van der Waals surface area contributed by atoms with Gasteiger partial charge in [-0.25, -0.2) is 23.6 Å². The molecule has 4 aliphatic heterocycles. The Labute approximate surface area is 286 Å². The molecule has 7 rings (SSSR count). The van der Waals surface area contributed by atoms with Gasteiger partial charge in [-0.05, 0) is 32.3 Å². The SMILES string of the molecule is CN(C)C/C=C/C(=O)Nc1c2c(c3nc4nc(Nc5ccc(F)c(Cl)c5)c3c1OC(=O)/C=C\C(=O)O4)OC(=O)/C=C\C(=O)OC1OCC[C@@H]1O2. The lowest BCUT2D eigenvalue weighted by molar-refractivity contribution is -0.174. The molecule has 1 unspecified atom stereocenters. The second-order valence-corrected chi connectivity index (χ2v) is 11.3. The highest BCUT2D eigenvalue weighted by Crippen LogP contribution is 2.53. The zero-order valence-electron chi connectivity index (χ0n) is 26.1. The van der Waals surface area contributed by atoms with E-state index in [1.807, 2.05) is 0 Å². The average molecular weight is 710 g/mol. The summed E-state index contributed by atoms with van der Waals surface area (Å²) in [5.74, 6) is -7.29. The highest BCUT2D eigenvalue weighted by molar-refractivity contribution is 6.31. The minimum Gasteiger partial charge on any atom is -0.477 e. The molecule has 16 nitrogen and oxygen atoms in total. The van der Waals surface area contributed by atoms with E-state index in [0.29, 0.717) is 6.54 Å². The van der Waals surface area contributed by atoms with Crippen molar-refractivity contribution in [2.75, 3.05) is 37.9 Å². The van der Waals surface area contributed by atoms with Gasteiger partial charge in [-0.2, -0.15) is 9.97 Å². The molecule has 258 valence electrons. The van der Waals surface area contributed by atoms with Crippen LogP contribution in [0.25, 0.3) is 10.9 Å². The summed E-state index contributed by atoms with van der Waals surface area (Å²) in [6.07, 6.45) is 3.68.